The van der Waals surface area contributed by atoms with Gasteiger partial charge < -0.3 is 14.6 Å². The molecule has 0 aliphatic rings. The van der Waals surface area contributed by atoms with Gasteiger partial charge in [0.05, 0.1) is 12.8 Å². The number of aryl methyl sites for hydroxylation is 1. The molecule has 1 aromatic heterocycles. The predicted molar refractivity (Wildman–Crippen MR) is 71.5 cm³/mol. The number of ether oxygens (including phenoxy) is 2. The molecule has 2 aromatic rings. The highest BCUT2D eigenvalue weighted by Crippen LogP contribution is 2.36. The van der Waals surface area contributed by atoms with Gasteiger partial charge in [-0.1, -0.05) is 24.3 Å². The number of carbonyl (C=O) groups is 1. The lowest BCUT2D eigenvalue weighted by atomic mass is 10.2. The SMILES string of the molecule is CCc1csc(Oc2c(OC)cccc2C(=O)O)n1. The summed E-state index contributed by atoms with van der Waals surface area (Å²) in [6.45, 7) is 1.99. The van der Waals surface area contributed by atoms with E-state index in [-0.39, 0.29) is 11.3 Å². The lowest BCUT2D eigenvalue weighted by Crippen LogP contribution is -2.01. The molecule has 0 radical (unpaired) electrons. The topological polar surface area (TPSA) is 68.7 Å². The second-order valence-corrected chi connectivity index (χ2v) is 4.52. The summed E-state index contributed by atoms with van der Waals surface area (Å²) in [5, 5.41) is 11.4. The summed E-state index contributed by atoms with van der Waals surface area (Å²) in [6.07, 6.45) is 0.803. The lowest BCUT2D eigenvalue weighted by Gasteiger charge is -2.10. The monoisotopic (exact) mass is 279 g/mol. The Hall–Kier alpha value is -2.08. The third-order valence-corrected chi connectivity index (χ3v) is 3.28. The molecule has 0 saturated heterocycles. The highest BCUT2D eigenvalue weighted by molar-refractivity contribution is 7.11. The largest absolute Gasteiger partial charge is 0.493 e. The van der Waals surface area contributed by atoms with Crippen molar-refractivity contribution in [2.24, 2.45) is 0 Å². The molecule has 1 aromatic carbocycles. The first-order valence-electron chi connectivity index (χ1n) is 5.68. The van der Waals surface area contributed by atoms with Gasteiger partial charge in [0.25, 0.3) is 5.19 Å². The quantitative estimate of drug-likeness (QED) is 0.910. The van der Waals surface area contributed by atoms with Crippen LogP contribution in [0, 0.1) is 0 Å². The summed E-state index contributed by atoms with van der Waals surface area (Å²) in [5.41, 5.74) is 0.958. The van der Waals surface area contributed by atoms with Crippen LogP contribution >= 0.6 is 11.3 Å². The van der Waals surface area contributed by atoms with Crippen LogP contribution in [0.5, 0.6) is 16.7 Å². The molecule has 100 valence electrons. The highest BCUT2D eigenvalue weighted by atomic mass is 32.1. The summed E-state index contributed by atoms with van der Waals surface area (Å²) in [6, 6.07) is 4.72. The van der Waals surface area contributed by atoms with Gasteiger partial charge in [-0.2, -0.15) is 0 Å². The summed E-state index contributed by atoms with van der Waals surface area (Å²) in [7, 11) is 1.47. The van der Waals surface area contributed by atoms with E-state index < -0.39 is 5.97 Å². The Labute approximate surface area is 114 Å². The van der Waals surface area contributed by atoms with Crippen LogP contribution < -0.4 is 9.47 Å². The van der Waals surface area contributed by atoms with E-state index >= 15 is 0 Å². The van der Waals surface area contributed by atoms with E-state index in [0.29, 0.717) is 10.9 Å². The number of methoxy groups -OCH3 is 1. The van der Waals surface area contributed by atoms with Crippen molar-refractivity contribution >= 4 is 17.3 Å². The number of hydrogen-bond donors (Lipinski definition) is 1. The van der Waals surface area contributed by atoms with Gasteiger partial charge in [-0.3, -0.25) is 0 Å². The van der Waals surface area contributed by atoms with E-state index in [1.807, 2.05) is 12.3 Å². The zero-order chi connectivity index (χ0) is 13.8. The van der Waals surface area contributed by atoms with Crippen LogP contribution in [0.4, 0.5) is 0 Å². The number of thiazole rings is 1. The van der Waals surface area contributed by atoms with Crippen molar-refractivity contribution in [1.82, 2.24) is 4.98 Å². The van der Waals surface area contributed by atoms with E-state index in [1.54, 1.807) is 12.1 Å². The maximum absolute atomic E-state index is 11.2. The molecule has 0 unspecified atom stereocenters. The third-order valence-electron chi connectivity index (χ3n) is 2.51. The summed E-state index contributed by atoms with van der Waals surface area (Å²) < 4.78 is 10.7. The number of nitrogens with zero attached hydrogens (tertiary/aromatic N) is 1. The second kappa shape index (κ2) is 5.71. The van der Waals surface area contributed by atoms with Gasteiger partial charge in [-0.25, -0.2) is 9.78 Å². The Morgan fingerprint density at radius 3 is 2.84 bits per heavy atom. The molecule has 1 heterocycles. The first-order chi connectivity index (χ1) is 9.15. The molecule has 0 atom stereocenters. The van der Waals surface area contributed by atoms with Crippen molar-refractivity contribution < 1.29 is 19.4 Å². The maximum atomic E-state index is 11.2. The van der Waals surface area contributed by atoms with Gasteiger partial charge in [-0.15, -0.1) is 0 Å². The molecule has 5 nitrogen and oxygen atoms in total. The standard InChI is InChI=1S/C13H13NO4S/c1-3-8-7-19-13(14-8)18-11-9(12(15)16)5-4-6-10(11)17-2/h4-7H,3H2,1-2H3,(H,15,16). The minimum absolute atomic E-state index is 0.0487. The molecule has 0 aliphatic carbocycles. The van der Waals surface area contributed by atoms with E-state index in [1.165, 1.54) is 24.5 Å². The maximum Gasteiger partial charge on any atom is 0.339 e. The van der Waals surface area contributed by atoms with Crippen LogP contribution in [0.25, 0.3) is 0 Å². The number of para-hydroxylation sites is 1. The molecule has 0 fully saturated rings. The Balaban J connectivity index is 2.39. The van der Waals surface area contributed by atoms with E-state index in [4.69, 9.17) is 14.6 Å². The number of rotatable bonds is 5. The van der Waals surface area contributed by atoms with Crippen molar-refractivity contribution in [3.8, 4) is 16.7 Å². The minimum atomic E-state index is -1.07. The molecular weight excluding hydrogens is 266 g/mol. The Bertz CT molecular complexity index is 594. The zero-order valence-electron chi connectivity index (χ0n) is 10.5. The normalized spacial score (nSPS) is 10.2. The summed E-state index contributed by atoms with van der Waals surface area (Å²) in [4.78, 5) is 15.4. The van der Waals surface area contributed by atoms with Crippen LogP contribution in [0.3, 0.4) is 0 Å². The van der Waals surface area contributed by atoms with E-state index in [9.17, 15) is 4.79 Å². The fraction of sp³-hybridized carbons (Fsp3) is 0.231. The Morgan fingerprint density at radius 2 is 2.26 bits per heavy atom. The van der Waals surface area contributed by atoms with E-state index in [2.05, 4.69) is 4.98 Å². The van der Waals surface area contributed by atoms with Crippen molar-refractivity contribution in [3.63, 3.8) is 0 Å². The molecular formula is C13H13NO4S. The molecule has 0 spiro atoms. The number of aromatic nitrogens is 1. The van der Waals surface area contributed by atoms with Gasteiger partial charge in [0, 0.05) is 5.38 Å². The van der Waals surface area contributed by atoms with Gasteiger partial charge in [0.2, 0.25) is 0 Å². The molecule has 0 saturated carbocycles. The Kier molecular flexibility index (Phi) is 4.01. The molecule has 1 N–H and O–H groups in total. The minimum Gasteiger partial charge on any atom is -0.493 e. The van der Waals surface area contributed by atoms with Crippen molar-refractivity contribution in [1.29, 1.82) is 0 Å². The average Bonchev–Trinajstić information content (AvgIpc) is 2.86. The van der Waals surface area contributed by atoms with Crippen molar-refractivity contribution in [3.05, 3.63) is 34.8 Å². The molecule has 0 amide bonds. The van der Waals surface area contributed by atoms with Crippen LogP contribution in [0.15, 0.2) is 23.6 Å². The van der Waals surface area contributed by atoms with Crippen molar-refractivity contribution in [2.45, 2.75) is 13.3 Å². The summed E-state index contributed by atoms with van der Waals surface area (Å²) in [5.74, 6) is -0.524. The zero-order valence-corrected chi connectivity index (χ0v) is 11.4. The van der Waals surface area contributed by atoms with Crippen molar-refractivity contribution in [2.75, 3.05) is 7.11 Å². The first-order valence-corrected chi connectivity index (χ1v) is 6.56. The smallest absolute Gasteiger partial charge is 0.339 e. The molecule has 0 bridgehead atoms. The third kappa shape index (κ3) is 2.85. The Morgan fingerprint density at radius 1 is 1.47 bits per heavy atom. The second-order valence-electron chi connectivity index (χ2n) is 3.70. The van der Waals surface area contributed by atoms with Gasteiger partial charge >= 0.3 is 5.97 Å². The molecule has 0 aliphatic heterocycles. The number of carboxylic acid groups (broad SMARTS) is 1. The number of aromatic carboxylic acids is 1. The van der Waals surface area contributed by atoms with E-state index in [0.717, 1.165) is 12.1 Å². The number of hydrogen-bond acceptors (Lipinski definition) is 5. The molecule has 2 rings (SSSR count). The van der Waals surface area contributed by atoms with Gasteiger partial charge in [0.15, 0.2) is 11.5 Å². The number of carboxylic acids is 1. The van der Waals surface area contributed by atoms with Gasteiger partial charge in [-0.05, 0) is 18.6 Å². The first kappa shape index (κ1) is 13.4. The fourth-order valence-corrected chi connectivity index (χ4v) is 2.29. The van der Waals surface area contributed by atoms with Crippen LogP contribution in [0.2, 0.25) is 0 Å². The summed E-state index contributed by atoms with van der Waals surface area (Å²) >= 11 is 1.33. The number of benzene rings is 1. The molecule has 6 heteroatoms. The fourth-order valence-electron chi connectivity index (χ4n) is 1.54. The molecule has 19 heavy (non-hydrogen) atoms. The van der Waals surface area contributed by atoms with Crippen LogP contribution in [-0.4, -0.2) is 23.2 Å². The lowest BCUT2D eigenvalue weighted by molar-refractivity contribution is 0.0693. The van der Waals surface area contributed by atoms with Crippen LogP contribution in [0.1, 0.15) is 23.0 Å². The predicted octanol–water partition coefficient (Wildman–Crippen LogP) is 3.20. The highest BCUT2D eigenvalue weighted by Gasteiger charge is 2.18. The average molecular weight is 279 g/mol. The van der Waals surface area contributed by atoms with Gasteiger partial charge in [0.1, 0.15) is 5.56 Å². The van der Waals surface area contributed by atoms with Crippen LogP contribution in [-0.2, 0) is 6.42 Å².